The Kier molecular flexibility index (Phi) is 5.19. The van der Waals surface area contributed by atoms with E-state index < -0.39 is 0 Å². The number of carbonyl (C=O) groups is 1. The monoisotopic (exact) mass is 225 g/mol. The molecule has 0 aliphatic heterocycles. The molecule has 0 saturated heterocycles. The molecule has 0 heterocycles. The summed E-state index contributed by atoms with van der Waals surface area (Å²) in [5.74, 6) is 0.125. The fourth-order valence-corrected chi connectivity index (χ4v) is 1.57. The molecule has 0 aromatic heterocycles. The maximum atomic E-state index is 11.2. The lowest BCUT2D eigenvalue weighted by Crippen LogP contribution is -2.25. The quantitative estimate of drug-likeness (QED) is 0.821. The predicted molar refractivity (Wildman–Crippen MR) is 63.1 cm³/mol. The van der Waals surface area contributed by atoms with Gasteiger partial charge in [-0.2, -0.15) is 0 Å². The largest absolute Gasteiger partial charge is 0.356 e. The van der Waals surface area contributed by atoms with Crippen LogP contribution >= 0.6 is 11.6 Å². The number of amides is 1. The van der Waals surface area contributed by atoms with Crippen LogP contribution in [-0.4, -0.2) is 12.5 Å². The molecule has 0 saturated carbocycles. The Morgan fingerprint density at radius 3 is 2.93 bits per heavy atom. The van der Waals surface area contributed by atoms with Gasteiger partial charge in [0, 0.05) is 18.0 Å². The van der Waals surface area contributed by atoms with Crippen LogP contribution in [0.3, 0.4) is 0 Å². The summed E-state index contributed by atoms with van der Waals surface area (Å²) in [5, 5.41) is 3.61. The molecule has 0 bridgehead atoms. The number of rotatable bonds is 5. The number of nitrogens with one attached hydrogen (secondary N) is 1. The zero-order valence-corrected chi connectivity index (χ0v) is 9.68. The third-order valence-electron chi connectivity index (χ3n) is 2.10. The van der Waals surface area contributed by atoms with Gasteiger partial charge in [-0.3, -0.25) is 4.79 Å². The van der Waals surface area contributed by atoms with Crippen LogP contribution < -0.4 is 5.32 Å². The van der Waals surface area contributed by atoms with Crippen LogP contribution in [0.2, 0.25) is 5.02 Å². The Balaban J connectivity index is 2.28. The van der Waals surface area contributed by atoms with Crippen LogP contribution in [0, 0.1) is 0 Å². The van der Waals surface area contributed by atoms with Crippen LogP contribution in [0.1, 0.15) is 25.3 Å². The molecule has 1 N–H and O–H groups in total. The second-order valence-electron chi connectivity index (χ2n) is 3.48. The smallest absolute Gasteiger partial charge is 0.219 e. The molecule has 3 heteroatoms. The van der Waals surface area contributed by atoms with E-state index in [1.807, 2.05) is 31.2 Å². The average molecular weight is 226 g/mol. The molecule has 82 valence electrons. The van der Waals surface area contributed by atoms with E-state index in [0.29, 0.717) is 13.0 Å². The van der Waals surface area contributed by atoms with Crippen molar-refractivity contribution < 1.29 is 4.79 Å². The predicted octanol–water partition coefficient (Wildman–Crippen LogP) is 2.80. The van der Waals surface area contributed by atoms with Crippen LogP contribution in [-0.2, 0) is 11.2 Å². The Hall–Kier alpha value is -1.02. The van der Waals surface area contributed by atoms with Crippen LogP contribution in [0.5, 0.6) is 0 Å². The third kappa shape index (κ3) is 4.84. The number of halogens is 1. The minimum absolute atomic E-state index is 0.125. The highest BCUT2D eigenvalue weighted by atomic mass is 35.5. The molecule has 0 radical (unpaired) electrons. The highest BCUT2D eigenvalue weighted by Gasteiger charge is 1.98. The van der Waals surface area contributed by atoms with Crippen molar-refractivity contribution >= 4 is 17.5 Å². The van der Waals surface area contributed by atoms with E-state index in [1.54, 1.807) is 0 Å². The average Bonchev–Trinajstić information content (AvgIpc) is 2.18. The van der Waals surface area contributed by atoms with E-state index in [0.717, 1.165) is 23.4 Å². The molecule has 0 atom stereocenters. The lowest BCUT2D eigenvalue weighted by Gasteiger charge is -2.04. The molecule has 0 fully saturated rings. The minimum atomic E-state index is 0.125. The molecule has 1 amide bonds. The van der Waals surface area contributed by atoms with Gasteiger partial charge in [-0.25, -0.2) is 0 Å². The lowest BCUT2D eigenvalue weighted by molar-refractivity contribution is -0.121. The van der Waals surface area contributed by atoms with Gasteiger partial charge in [0.1, 0.15) is 0 Å². The van der Waals surface area contributed by atoms with Crippen molar-refractivity contribution in [3.05, 3.63) is 34.9 Å². The zero-order valence-electron chi connectivity index (χ0n) is 8.92. The van der Waals surface area contributed by atoms with E-state index in [1.165, 1.54) is 0 Å². The van der Waals surface area contributed by atoms with Crippen molar-refractivity contribution in [3.8, 4) is 0 Å². The molecule has 0 unspecified atom stereocenters. The van der Waals surface area contributed by atoms with E-state index in [-0.39, 0.29) is 5.91 Å². The second kappa shape index (κ2) is 6.46. The van der Waals surface area contributed by atoms with Gasteiger partial charge in [-0.1, -0.05) is 30.7 Å². The first kappa shape index (κ1) is 12.1. The summed E-state index contributed by atoms with van der Waals surface area (Å²) in [4.78, 5) is 11.2. The summed E-state index contributed by atoms with van der Waals surface area (Å²) in [6.45, 7) is 2.68. The van der Waals surface area contributed by atoms with Gasteiger partial charge in [-0.15, -0.1) is 0 Å². The molecule has 2 nitrogen and oxygen atoms in total. The molecule has 1 aromatic carbocycles. The molecule has 0 spiro atoms. The minimum Gasteiger partial charge on any atom is -0.356 e. The first-order valence-corrected chi connectivity index (χ1v) is 5.61. The van der Waals surface area contributed by atoms with Crippen molar-refractivity contribution in [2.45, 2.75) is 26.2 Å². The number of benzene rings is 1. The summed E-state index contributed by atoms with van der Waals surface area (Å²) >= 11 is 5.85. The number of carbonyl (C=O) groups excluding carboxylic acids is 1. The summed E-state index contributed by atoms with van der Waals surface area (Å²) in [7, 11) is 0. The standard InChI is InChI=1S/C12H16ClNO/c1-2-4-12(15)14-8-7-10-5-3-6-11(13)9-10/h3,5-6,9H,2,4,7-8H2,1H3,(H,14,15). The first-order chi connectivity index (χ1) is 7.22. The topological polar surface area (TPSA) is 29.1 Å². The Bertz CT molecular complexity index is 325. The highest BCUT2D eigenvalue weighted by molar-refractivity contribution is 6.30. The first-order valence-electron chi connectivity index (χ1n) is 5.23. The maximum absolute atomic E-state index is 11.2. The van der Waals surface area contributed by atoms with Crippen LogP contribution in [0.15, 0.2) is 24.3 Å². The van der Waals surface area contributed by atoms with Gasteiger partial charge in [0.2, 0.25) is 5.91 Å². The molecule has 0 aliphatic carbocycles. The lowest BCUT2D eigenvalue weighted by atomic mass is 10.1. The summed E-state index contributed by atoms with van der Waals surface area (Å²) in [6.07, 6.45) is 2.33. The maximum Gasteiger partial charge on any atom is 0.219 e. The van der Waals surface area contributed by atoms with Gasteiger partial charge in [-0.05, 0) is 30.5 Å². The fourth-order valence-electron chi connectivity index (χ4n) is 1.35. The van der Waals surface area contributed by atoms with E-state index in [2.05, 4.69) is 5.32 Å². The van der Waals surface area contributed by atoms with Crippen LogP contribution in [0.4, 0.5) is 0 Å². The van der Waals surface area contributed by atoms with Crippen molar-refractivity contribution in [2.75, 3.05) is 6.54 Å². The summed E-state index contributed by atoms with van der Waals surface area (Å²) in [6, 6.07) is 7.71. The number of hydrogen-bond donors (Lipinski definition) is 1. The van der Waals surface area contributed by atoms with Crippen molar-refractivity contribution in [2.24, 2.45) is 0 Å². The van der Waals surface area contributed by atoms with Gasteiger partial charge in [0.15, 0.2) is 0 Å². The number of hydrogen-bond acceptors (Lipinski definition) is 1. The Labute approximate surface area is 95.6 Å². The highest BCUT2D eigenvalue weighted by Crippen LogP contribution is 2.10. The van der Waals surface area contributed by atoms with Gasteiger partial charge < -0.3 is 5.32 Å². The fraction of sp³-hybridized carbons (Fsp3) is 0.417. The Morgan fingerprint density at radius 2 is 2.27 bits per heavy atom. The normalized spacial score (nSPS) is 10.0. The van der Waals surface area contributed by atoms with Gasteiger partial charge in [0.05, 0.1) is 0 Å². The molecule has 1 aromatic rings. The zero-order chi connectivity index (χ0) is 11.1. The Morgan fingerprint density at radius 1 is 1.47 bits per heavy atom. The summed E-state index contributed by atoms with van der Waals surface area (Å²) < 4.78 is 0. The van der Waals surface area contributed by atoms with Crippen molar-refractivity contribution in [1.82, 2.24) is 5.32 Å². The van der Waals surface area contributed by atoms with Crippen LogP contribution in [0.25, 0.3) is 0 Å². The molecular weight excluding hydrogens is 210 g/mol. The van der Waals surface area contributed by atoms with Gasteiger partial charge >= 0.3 is 0 Å². The summed E-state index contributed by atoms with van der Waals surface area (Å²) in [5.41, 5.74) is 1.15. The third-order valence-corrected chi connectivity index (χ3v) is 2.34. The van der Waals surface area contributed by atoms with Gasteiger partial charge in [0.25, 0.3) is 0 Å². The molecular formula is C12H16ClNO. The van der Waals surface area contributed by atoms with E-state index in [4.69, 9.17) is 11.6 Å². The van der Waals surface area contributed by atoms with Crippen molar-refractivity contribution in [3.63, 3.8) is 0 Å². The van der Waals surface area contributed by atoms with E-state index >= 15 is 0 Å². The second-order valence-corrected chi connectivity index (χ2v) is 3.92. The molecule has 1 rings (SSSR count). The molecule has 0 aliphatic rings. The van der Waals surface area contributed by atoms with Crippen molar-refractivity contribution in [1.29, 1.82) is 0 Å². The molecule has 15 heavy (non-hydrogen) atoms. The SMILES string of the molecule is CCCC(=O)NCCc1cccc(Cl)c1. The van der Waals surface area contributed by atoms with E-state index in [9.17, 15) is 4.79 Å².